The number of ether oxygens (including phenoxy) is 1. The average Bonchev–Trinajstić information content (AvgIpc) is 3.18. The van der Waals surface area contributed by atoms with Gasteiger partial charge in [0.2, 0.25) is 0 Å². The molecule has 3 heterocycles. The lowest BCUT2D eigenvalue weighted by Crippen LogP contribution is -2.39. The topological polar surface area (TPSA) is 81.5 Å². The minimum absolute atomic E-state index is 0.00150. The highest BCUT2D eigenvalue weighted by Gasteiger charge is 2.29. The Morgan fingerprint density at radius 3 is 2.94 bits per heavy atom. The van der Waals surface area contributed by atoms with E-state index < -0.39 is 6.04 Å². The van der Waals surface area contributed by atoms with Gasteiger partial charge in [0, 0.05) is 17.0 Å². The number of thiophene rings is 1. The van der Waals surface area contributed by atoms with Crippen LogP contribution in [0.1, 0.15) is 60.5 Å². The summed E-state index contributed by atoms with van der Waals surface area (Å²) in [5.74, 6) is 0.879. The molecule has 0 saturated carbocycles. The van der Waals surface area contributed by atoms with Gasteiger partial charge in [0.15, 0.2) is 12.4 Å². The minimum atomic E-state index is -0.717. The fourth-order valence-electron chi connectivity index (χ4n) is 4.81. The van der Waals surface area contributed by atoms with Gasteiger partial charge >= 0.3 is 0 Å². The molecule has 0 bridgehead atoms. The van der Waals surface area contributed by atoms with Gasteiger partial charge in [-0.05, 0) is 62.3 Å². The third kappa shape index (κ3) is 3.66. The van der Waals surface area contributed by atoms with Gasteiger partial charge in [0.1, 0.15) is 10.6 Å². The van der Waals surface area contributed by atoms with Crippen LogP contribution in [0.2, 0.25) is 0 Å². The average molecular weight is 466 g/mol. The van der Waals surface area contributed by atoms with E-state index in [1.807, 2.05) is 6.92 Å². The summed E-state index contributed by atoms with van der Waals surface area (Å²) in [5.41, 5.74) is 2.00. The predicted molar refractivity (Wildman–Crippen MR) is 129 cm³/mol. The molecule has 2 aromatic heterocycles. The molecule has 1 aromatic carbocycles. The second-order valence-electron chi connectivity index (χ2n) is 9.05. The van der Waals surface area contributed by atoms with Crippen LogP contribution in [0.15, 0.2) is 29.3 Å². The van der Waals surface area contributed by atoms with Crippen molar-refractivity contribution >= 4 is 38.9 Å². The number of aromatic nitrogens is 2. The van der Waals surface area contributed by atoms with Gasteiger partial charge in [0.25, 0.3) is 11.5 Å². The van der Waals surface area contributed by atoms with E-state index in [1.165, 1.54) is 15.8 Å². The summed E-state index contributed by atoms with van der Waals surface area (Å²) >= 11 is 1.60. The molecular weight excluding hydrogens is 438 g/mol. The van der Waals surface area contributed by atoms with Gasteiger partial charge in [-0.15, -0.1) is 11.3 Å². The van der Waals surface area contributed by atoms with Crippen molar-refractivity contribution in [1.29, 1.82) is 0 Å². The maximum absolute atomic E-state index is 13.4. The molecule has 172 valence electrons. The summed E-state index contributed by atoms with van der Waals surface area (Å²) in [6.45, 7) is 6.52. The van der Waals surface area contributed by atoms with Crippen molar-refractivity contribution < 1.29 is 14.3 Å². The van der Waals surface area contributed by atoms with Crippen molar-refractivity contribution in [3.8, 4) is 5.75 Å². The fourth-order valence-corrected chi connectivity index (χ4v) is 6.15. The lowest BCUT2D eigenvalue weighted by molar-refractivity contribution is -0.121. The van der Waals surface area contributed by atoms with Crippen molar-refractivity contribution in [2.75, 3.05) is 18.1 Å². The predicted octanol–water partition coefficient (Wildman–Crippen LogP) is 4.16. The van der Waals surface area contributed by atoms with E-state index in [9.17, 15) is 14.4 Å². The zero-order valence-electron chi connectivity index (χ0n) is 19.1. The number of hydrogen-bond acceptors (Lipinski definition) is 6. The Kier molecular flexibility index (Phi) is 5.56. The normalized spacial score (nSPS) is 18.6. The van der Waals surface area contributed by atoms with Gasteiger partial charge in [0.05, 0.1) is 23.4 Å². The summed E-state index contributed by atoms with van der Waals surface area (Å²) in [6, 6.07) is 4.41. The highest BCUT2D eigenvalue weighted by molar-refractivity contribution is 7.18. The number of hydrogen-bond donors (Lipinski definition) is 0. The number of fused-ring (bicyclic) bond motifs is 4. The summed E-state index contributed by atoms with van der Waals surface area (Å²) in [6.07, 6.45) is 5.21. The van der Waals surface area contributed by atoms with Crippen LogP contribution in [0.25, 0.3) is 10.2 Å². The lowest BCUT2D eigenvalue weighted by Gasteiger charge is -2.29. The van der Waals surface area contributed by atoms with Gasteiger partial charge < -0.3 is 9.64 Å². The smallest absolute Gasteiger partial charge is 0.265 e. The molecule has 3 aromatic rings. The van der Waals surface area contributed by atoms with Crippen LogP contribution in [0.5, 0.6) is 5.75 Å². The van der Waals surface area contributed by atoms with E-state index in [0.717, 1.165) is 36.1 Å². The highest BCUT2D eigenvalue weighted by Crippen LogP contribution is 2.36. The molecule has 1 aliphatic carbocycles. The molecule has 8 heteroatoms. The Balaban J connectivity index is 1.51. The molecule has 2 aliphatic rings. The highest BCUT2D eigenvalue weighted by atomic mass is 32.1. The van der Waals surface area contributed by atoms with E-state index in [-0.39, 0.29) is 23.9 Å². The van der Waals surface area contributed by atoms with E-state index in [0.29, 0.717) is 34.8 Å². The van der Waals surface area contributed by atoms with Gasteiger partial charge in [-0.25, -0.2) is 4.98 Å². The van der Waals surface area contributed by atoms with Crippen molar-refractivity contribution in [2.45, 2.75) is 52.5 Å². The number of carbonyl (C=O) groups is 2. The number of amides is 1. The van der Waals surface area contributed by atoms with Crippen molar-refractivity contribution in [3.63, 3.8) is 0 Å². The summed E-state index contributed by atoms with van der Waals surface area (Å²) < 4.78 is 6.99. The summed E-state index contributed by atoms with van der Waals surface area (Å²) in [4.78, 5) is 47.4. The van der Waals surface area contributed by atoms with Crippen LogP contribution < -0.4 is 15.2 Å². The van der Waals surface area contributed by atoms with Crippen LogP contribution in [0, 0.1) is 5.92 Å². The lowest BCUT2D eigenvalue weighted by atomic mass is 9.89. The zero-order chi connectivity index (χ0) is 23.3. The number of ketones is 1. The number of Topliss-reactive ketones (excluding diaryl/α,β-unsaturated/α-hetero) is 1. The molecule has 2 atom stereocenters. The minimum Gasteiger partial charge on any atom is -0.482 e. The number of anilines is 1. The van der Waals surface area contributed by atoms with Gasteiger partial charge in [-0.3, -0.25) is 19.0 Å². The molecule has 33 heavy (non-hydrogen) atoms. The van der Waals surface area contributed by atoms with E-state index >= 15 is 0 Å². The molecule has 1 aliphatic heterocycles. The van der Waals surface area contributed by atoms with E-state index in [4.69, 9.17) is 4.74 Å². The largest absolute Gasteiger partial charge is 0.482 e. The molecule has 2 unspecified atom stereocenters. The summed E-state index contributed by atoms with van der Waals surface area (Å²) in [7, 11) is 0. The Hall–Kier alpha value is -3.00. The molecule has 0 fully saturated rings. The van der Waals surface area contributed by atoms with Crippen molar-refractivity contribution in [1.82, 2.24) is 9.55 Å². The molecular formula is C25H27N3O4S. The fraction of sp³-hybridized carbons (Fsp3) is 0.440. The number of carbonyl (C=O) groups excluding carboxylic acids is 2. The standard InChI is InChI=1S/C25H27N3O4S/c1-4-9-27-18-11-16(6-8-19(18)32-12-21(27)29)23(30)15(3)28-13-26-24-22(25(28)31)17-7-5-14(2)10-20(17)33-24/h6,8,11,13-15H,4-5,7,9-10,12H2,1-3H3. The number of nitrogens with zero attached hydrogens (tertiary/aromatic N) is 3. The first-order valence-electron chi connectivity index (χ1n) is 11.5. The number of rotatable bonds is 5. The molecule has 0 radical (unpaired) electrons. The molecule has 1 amide bonds. The molecule has 0 spiro atoms. The second kappa shape index (κ2) is 8.41. The Labute approximate surface area is 196 Å². The van der Waals surface area contributed by atoms with Crippen molar-refractivity contribution in [2.24, 2.45) is 5.92 Å². The molecule has 0 saturated heterocycles. The maximum atomic E-state index is 13.4. The van der Waals surface area contributed by atoms with Crippen LogP contribution in [-0.4, -0.2) is 34.4 Å². The first-order chi connectivity index (χ1) is 15.9. The monoisotopic (exact) mass is 465 g/mol. The van der Waals surface area contributed by atoms with E-state index in [2.05, 4.69) is 11.9 Å². The van der Waals surface area contributed by atoms with Crippen molar-refractivity contribution in [3.05, 3.63) is 50.9 Å². The Morgan fingerprint density at radius 2 is 2.15 bits per heavy atom. The first kappa shape index (κ1) is 21.8. The number of aryl methyl sites for hydroxylation is 1. The quantitative estimate of drug-likeness (QED) is 0.529. The van der Waals surface area contributed by atoms with E-state index in [1.54, 1.807) is 41.4 Å². The van der Waals surface area contributed by atoms with Gasteiger partial charge in [-0.2, -0.15) is 0 Å². The zero-order valence-corrected chi connectivity index (χ0v) is 19.9. The maximum Gasteiger partial charge on any atom is 0.265 e. The third-order valence-electron chi connectivity index (χ3n) is 6.67. The van der Waals surface area contributed by atoms with Crippen LogP contribution in [-0.2, 0) is 17.6 Å². The Bertz CT molecular complexity index is 1330. The third-order valence-corrected chi connectivity index (χ3v) is 7.83. The molecule has 5 rings (SSSR count). The van der Waals surface area contributed by atoms with Crippen LogP contribution >= 0.6 is 11.3 Å². The van der Waals surface area contributed by atoms with Crippen LogP contribution in [0.3, 0.4) is 0 Å². The molecule has 7 nitrogen and oxygen atoms in total. The molecule has 0 N–H and O–H groups in total. The van der Waals surface area contributed by atoms with Crippen LogP contribution in [0.4, 0.5) is 5.69 Å². The van der Waals surface area contributed by atoms with Gasteiger partial charge in [-0.1, -0.05) is 13.8 Å². The first-order valence-corrected chi connectivity index (χ1v) is 12.3. The number of benzene rings is 1. The SMILES string of the molecule is CCCN1C(=O)COc2ccc(C(=O)C(C)n3cnc4sc5c(c4c3=O)CCC(C)C5)cc21. The second-order valence-corrected chi connectivity index (χ2v) is 10.1. The summed E-state index contributed by atoms with van der Waals surface area (Å²) in [5, 5.41) is 0.669. The Morgan fingerprint density at radius 1 is 1.33 bits per heavy atom.